The minimum absolute atomic E-state index is 0.773. The minimum atomic E-state index is 0.773. The molecule has 0 atom stereocenters. The normalized spacial score (nSPS) is 9.82. The Morgan fingerprint density at radius 1 is 1.18 bits per heavy atom. The van der Waals surface area contributed by atoms with Crippen LogP contribution in [0.15, 0.2) is 23.8 Å². The molecule has 0 spiro atoms. The van der Waals surface area contributed by atoms with Crippen LogP contribution in [0, 0.1) is 0 Å². The fourth-order valence-corrected chi connectivity index (χ4v) is 1.22. The van der Waals surface area contributed by atoms with Gasteiger partial charge in [0.2, 0.25) is 0 Å². The molecule has 0 aliphatic carbocycles. The average Bonchev–Trinajstić information content (AvgIpc) is 2.58. The molecule has 0 amide bonds. The largest absolute Gasteiger partial charge is 0.167 e. The van der Waals surface area contributed by atoms with Crippen molar-refractivity contribution in [1.82, 2.24) is 20.4 Å². The zero-order valence-corrected chi connectivity index (χ0v) is 6.32. The van der Waals surface area contributed by atoms with Gasteiger partial charge >= 0.3 is 0 Å². The molecule has 2 rings (SSSR count). The molecule has 2 aromatic rings. The lowest BCUT2D eigenvalue weighted by Crippen LogP contribution is -1.84. The van der Waals surface area contributed by atoms with E-state index in [1.807, 2.05) is 12.1 Å². The molecule has 0 radical (unpaired) electrons. The maximum absolute atomic E-state index is 3.88. The number of hydrogen-bond acceptors (Lipinski definition) is 5. The first-order valence-corrected chi connectivity index (χ1v) is 3.89. The summed E-state index contributed by atoms with van der Waals surface area (Å²) in [5, 5.41) is 16.0. The van der Waals surface area contributed by atoms with Crippen molar-refractivity contribution in [3.8, 4) is 10.7 Å². The van der Waals surface area contributed by atoms with E-state index in [9.17, 15) is 0 Å². The van der Waals surface area contributed by atoms with Gasteiger partial charge in [0.1, 0.15) is 11.2 Å². The second-order valence-electron chi connectivity index (χ2n) is 1.85. The van der Waals surface area contributed by atoms with E-state index in [0.29, 0.717) is 0 Å². The van der Waals surface area contributed by atoms with Gasteiger partial charge in [0.05, 0.1) is 0 Å². The predicted octanol–water partition coefficient (Wildman–Crippen LogP) is 0.995. The molecule has 0 saturated heterocycles. The molecule has 11 heavy (non-hydrogen) atoms. The molecule has 0 saturated carbocycles. The zero-order valence-electron chi connectivity index (χ0n) is 5.51. The van der Waals surface area contributed by atoms with Gasteiger partial charge in [-0.2, -0.15) is 5.10 Å². The Kier molecular flexibility index (Phi) is 1.57. The van der Waals surface area contributed by atoms with E-state index in [4.69, 9.17) is 0 Å². The summed E-state index contributed by atoms with van der Waals surface area (Å²) in [5.41, 5.74) is 2.44. The van der Waals surface area contributed by atoms with Crippen LogP contribution in [-0.4, -0.2) is 20.4 Å². The maximum atomic E-state index is 3.88. The molecule has 0 aliphatic heterocycles. The first kappa shape index (κ1) is 6.36. The van der Waals surface area contributed by atoms with Crippen molar-refractivity contribution in [2.24, 2.45) is 0 Å². The highest BCUT2D eigenvalue weighted by atomic mass is 32.1. The summed E-state index contributed by atoms with van der Waals surface area (Å²) in [6.07, 6.45) is 1.63. The van der Waals surface area contributed by atoms with Crippen LogP contribution < -0.4 is 0 Å². The molecule has 5 heteroatoms. The van der Waals surface area contributed by atoms with Gasteiger partial charge in [-0.3, -0.25) is 0 Å². The highest BCUT2D eigenvalue weighted by Gasteiger charge is 2.00. The molecule has 0 fully saturated rings. The van der Waals surface area contributed by atoms with E-state index in [2.05, 4.69) is 20.4 Å². The summed E-state index contributed by atoms with van der Waals surface area (Å²) < 4.78 is 0. The molecule has 54 valence electrons. The summed E-state index contributed by atoms with van der Waals surface area (Å²) in [5.74, 6) is 0. The molecule has 4 nitrogen and oxygen atoms in total. The topological polar surface area (TPSA) is 51.6 Å². The number of nitrogens with zero attached hydrogens (tertiary/aromatic N) is 4. The van der Waals surface area contributed by atoms with Crippen LogP contribution in [-0.2, 0) is 0 Å². The Labute approximate surface area is 66.9 Å². The van der Waals surface area contributed by atoms with E-state index in [-0.39, 0.29) is 0 Å². The minimum Gasteiger partial charge on any atom is -0.158 e. The van der Waals surface area contributed by atoms with Crippen molar-refractivity contribution in [3.05, 3.63) is 23.8 Å². The quantitative estimate of drug-likeness (QED) is 0.630. The van der Waals surface area contributed by atoms with E-state index in [1.165, 1.54) is 11.3 Å². The van der Waals surface area contributed by atoms with Crippen molar-refractivity contribution < 1.29 is 0 Å². The third-order valence-electron chi connectivity index (χ3n) is 1.15. The molecular weight excluding hydrogens is 160 g/mol. The van der Waals surface area contributed by atoms with Gasteiger partial charge in [-0.05, 0) is 12.1 Å². The van der Waals surface area contributed by atoms with Gasteiger partial charge in [0.15, 0.2) is 5.01 Å². The Bertz CT molecular complexity index is 318. The van der Waals surface area contributed by atoms with Crippen molar-refractivity contribution in [3.63, 3.8) is 0 Å². The highest BCUT2D eigenvalue weighted by Crippen LogP contribution is 2.15. The van der Waals surface area contributed by atoms with Crippen molar-refractivity contribution in [2.45, 2.75) is 0 Å². The monoisotopic (exact) mass is 164 g/mol. The lowest BCUT2D eigenvalue weighted by molar-refractivity contribution is 1.02. The second kappa shape index (κ2) is 2.71. The Balaban J connectivity index is 2.46. The molecule has 0 bridgehead atoms. The molecule has 0 N–H and O–H groups in total. The highest BCUT2D eigenvalue weighted by molar-refractivity contribution is 7.12. The first-order chi connectivity index (χ1) is 5.47. The summed E-state index contributed by atoms with van der Waals surface area (Å²) in [4.78, 5) is 0. The third-order valence-corrected chi connectivity index (χ3v) is 1.87. The van der Waals surface area contributed by atoms with Gasteiger partial charge < -0.3 is 0 Å². The van der Waals surface area contributed by atoms with Gasteiger partial charge in [0, 0.05) is 6.20 Å². The standard InChI is InChI=1S/C6H4N4S/c1-2-5(9-7-3-1)6-10-8-4-11-6/h1-4H. The first-order valence-electron chi connectivity index (χ1n) is 3.01. The Hall–Kier alpha value is -1.36. The lowest BCUT2D eigenvalue weighted by Gasteiger charge is -1.88. The number of aromatic nitrogens is 4. The molecule has 0 unspecified atom stereocenters. The van der Waals surface area contributed by atoms with Crippen molar-refractivity contribution in [2.75, 3.05) is 0 Å². The van der Waals surface area contributed by atoms with Gasteiger partial charge in [-0.15, -0.1) is 15.3 Å². The van der Waals surface area contributed by atoms with Gasteiger partial charge in [-0.1, -0.05) is 11.3 Å². The van der Waals surface area contributed by atoms with Crippen molar-refractivity contribution in [1.29, 1.82) is 0 Å². The van der Waals surface area contributed by atoms with Crippen LogP contribution >= 0.6 is 11.3 Å². The zero-order chi connectivity index (χ0) is 7.52. The van der Waals surface area contributed by atoms with E-state index in [1.54, 1.807) is 11.7 Å². The third kappa shape index (κ3) is 1.22. The van der Waals surface area contributed by atoms with Crippen LogP contribution in [0.25, 0.3) is 10.7 Å². The Morgan fingerprint density at radius 3 is 2.82 bits per heavy atom. The second-order valence-corrected chi connectivity index (χ2v) is 2.69. The van der Waals surface area contributed by atoms with Gasteiger partial charge in [-0.25, -0.2) is 0 Å². The fourth-order valence-electron chi connectivity index (χ4n) is 0.700. The van der Waals surface area contributed by atoms with Gasteiger partial charge in [0.25, 0.3) is 0 Å². The van der Waals surface area contributed by atoms with Crippen LogP contribution in [0.5, 0.6) is 0 Å². The van der Waals surface area contributed by atoms with E-state index in [0.717, 1.165) is 10.7 Å². The average molecular weight is 164 g/mol. The molecule has 2 aromatic heterocycles. The SMILES string of the molecule is c1cnnc(-c2nncs2)c1. The maximum Gasteiger partial charge on any atom is 0.167 e. The van der Waals surface area contributed by atoms with Crippen molar-refractivity contribution >= 4 is 11.3 Å². The van der Waals surface area contributed by atoms with E-state index < -0.39 is 0 Å². The number of rotatable bonds is 1. The molecule has 0 aliphatic rings. The summed E-state index contributed by atoms with van der Waals surface area (Å²) >= 11 is 1.45. The van der Waals surface area contributed by atoms with Crippen LogP contribution in [0.3, 0.4) is 0 Å². The molecule has 0 aromatic carbocycles. The summed E-state index contributed by atoms with van der Waals surface area (Å²) in [7, 11) is 0. The fraction of sp³-hybridized carbons (Fsp3) is 0. The smallest absolute Gasteiger partial charge is 0.158 e. The molecular formula is C6H4N4S. The van der Waals surface area contributed by atoms with E-state index >= 15 is 0 Å². The Morgan fingerprint density at radius 2 is 2.18 bits per heavy atom. The van der Waals surface area contributed by atoms with Crippen LogP contribution in [0.2, 0.25) is 0 Å². The predicted molar refractivity (Wildman–Crippen MR) is 40.9 cm³/mol. The molecule has 2 heterocycles. The van der Waals surface area contributed by atoms with Crippen LogP contribution in [0.4, 0.5) is 0 Å². The number of hydrogen-bond donors (Lipinski definition) is 0. The van der Waals surface area contributed by atoms with Crippen LogP contribution in [0.1, 0.15) is 0 Å². The summed E-state index contributed by atoms with van der Waals surface area (Å²) in [6, 6.07) is 3.68. The lowest BCUT2D eigenvalue weighted by atomic mass is 10.4. The summed E-state index contributed by atoms with van der Waals surface area (Å²) in [6.45, 7) is 0.